The van der Waals surface area contributed by atoms with E-state index in [-0.39, 0.29) is 5.97 Å². The SMILES string of the molecule is CCOC(=O)C(C)(C)Oc1c(C)cc(CN2CCN(Cc3ccc(C(F)(F)F)cc3C)CC2)c(C)c1C. The summed E-state index contributed by atoms with van der Waals surface area (Å²) in [4.78, 5) is 17.0. The average molecular weight is 521 g/mol. The molecule has 2 aromatic carbocycles. The van der Waals surface area contributed by atoms with Crippen LogP contribution in [0.4, 0.5) is 13.2 Å². The van der Waals surface area contributed by atoms with E-state index in [1.807, 2.05) is 13.8 Å². The number of hydrogen-bond donors (Lipinski definition) is 0. The van der Waals surface area contributed by atoms with Gasteiger partial charge in [-0.15, -0.1) is 0 Å². The van der Waals surface area contributed by atoms with Crippen molar-refractivity contribution in [1.82, 2.24) is 9.80 Å². The third kappa shape index (κ3) is 7.05. The molecule has 1 fully saturated rings. The van der Waals surface area contributed by atoms with Crippen molar-refractivity contribution in [1.29, 1.82) is 0 Å². The maximum absolute atomic E-state index is 13.0. The number of halogens is 3. The molecule has 0 atom stereocenters. The number of benzene rings is 2. The fourth-order valence-corrected chi connectivity index (χ4v) is 4.70. The second-order valence-corrected chi connectivity index (χ2v) is 10.5. The molecule has 0 N–H and O–H groups in total. The average Bonchev–Trinajstić information content (AvgIpc) is 2.82. The van der Waals surface area contributed by atoms with Crippen LogP contribution in [-0.4, -0.2) is 54.2 Å². The predicted octanol–water partition coefficient (Wildman–Crippen LogP) is 5.98. The van der Waals surface area contributed by atoms with Crippen LogP contribution in [0.5, 0.6) is 5.75 Å². The van der Waals surface area contributed by atoms with Crippen molar-refractivity contribution >= 4 is 5.97 Å². The van der Waals surface area contributed by atoms with Crippen molar-refractivity contribution in [2.24, 2.45) is 0 Å². The highest BCUT2D eigenvalue weighted by Crippen LogP contribution is 2.33. The molecule has 37 heavy (non-hydrogen) atoms. The van der Waals surface area contributed by atoms with Crippen molar-refractivity contribution < 1.29 is 27.4 Å². The van der Waals surface area contributed by atoms with Gasteiger partial charge in [-0.05, 0) is 94.0 Å². The molecule has 0 unspecified atom stereocenters. The molecule has 204 valence electrons. The summed E-state index contributed by atoms with van der Waals surface area (Å²) < 4.78 is 50.2. The maximum Gasteiger partial charge on any atom is 0.416 e. The van der Waals surface area contributed by atoms with Crippen LogP contribution in [0.25, 0.3) is 0 Å². The summed E-state index contributed by atoms with van der Waals surface area (Å²) in [6.45, 7) is 18.3. The maximum atomic E-state index is 13.0. The normalized spacial score (nSPS) is 15.6. The van der Waals surface area contributed by atoms with E-state index in [1.165, 1.54) is 17.7 Å². The number of alkyl halides is 3. The number of carbonyl (C=O) groups excluding carboxylic acids is 1. The number of aryl methyl sites for hydroxylation is 2. The Morgan fingerprint density at radius 2 is 1.43 bits per heavy atom. The largest absolute Gasteiger partial charge is 0.476 e. The van der Waals surface area contributed by atoms with Crippen molar-refractivity contribution in [3.05, 3.63) is 63.2 Å². The Balaban J connectivity index is 1.62. The van der Waals surface area contributed by atoms with Crippen LogP contribution >= 0.6 is 0 Å². The molecule has 0 aromatic heterocycles. The first-order chi connectivity index (χ1) is 17.2. The van der Waals surface area contributed by atoms with Gasteiger partial charge < -0.3 is 9.47 Å². The van der Waals surface area contributed by atoms with E-state index in [4.69, 9.17) is 9.47 Å². The lowest BCUT2D eigenvalue weighted by molar-refractivity contribution is -0.158. The molecule has 0 saturated carbocycles. The molecule has 1 aliphatic rings. The van der Waals surface area contributed by atoms with Gasteiger partial charge in [0, 0.05) is 39.3 Å². The molecule has 1 aliphatic heterocycles. The fraction of sp³-hybridized carbons (Fsp3) is 0.552. The van der Waals surface area contributed by atoms with Crippen LogP contribution in [-0.2, 0) is 28.8 Å². The summed E-state index contributed by atoms with van der Waals surface area (Å²) in [7, 11) is 0. The molecule has 0 aliphatic carbocycles. The van der Waals surface area contributed by atoms with E-state index >= 15 is 0 Å². The van der Waals surface area contributed by atoms with E-state index in [0.29, 0.717) is 18.7 Å². The lowest BCUT2D eigenvalue weighted by Crippen LogP contribution is -2.45. The molecule has 0 radical (unpaired) electrons. The first-order valence-electron chi connectivity index (χ1n) is 12.8. The standard InChI is InChI=1S/C29H39F3N2O3/c1-8-36-27(35)28(6,7)37-26-20(3)15-24(21(4)22(26)5)18-34-13-11-33(12-14-34)17-23-9-10-25(16-19(23)2)29(30,31)32/h9-10,15-16H,8,11-14,17-18H2,1-7H3. The Bertz CT molecular complexity index is 1120. The van der Waals surface area contributed by atoms with Gasteiger partial charge in [-0.25, -0.2) is 4.79 Å². The van der Waals surface area contributed by atoms with E-state index in [1.54, 1.807) is 33.8 Å². The Kier molecular flexibility index (Phi) is 8.96. The van der Waals surface area contributed by atoms with Gasteiger partial charge in [0.15, 0.2) is 5.60 Å². The van der Waals surface area contributed by atoms with Crippen LogP contribution in [0.3, 0.4) is 0 Å². The van der Waals surface area contributed by atoms with Crippen LogP contribution < -0.4 is 4.74 Å². The summed E-state index contributed by atoms with van der Waals surface area (Å²) >= 11 is 0. The number of rotatable bonds is 8. The Hall–Kier alpha value is -2.58. The van der Waals surface area contributed by atoms with E-state index in [9.17, 15) is 18.0 Å². The highest BCUT2D eigenvalue weighted by atomic mass is 19.4. The van der Waals surface area contributed by atoms with Gasteiger partial charge >= 0.3 is 12.1 Å². The third-order valence-electron chi connectivity index (χ3n) is 7.18. The molecular formula is C29H39F3N2O3. The van der Waals surface area contributed by atoms with Crippen LogP contribution in [0.2, 0.25) is 0 Å². The van der Waals surface area contributed by atoms with Gasteiger partial charge in [-0.1, -0.05) is 12.1 Å². The Labute approximate surface area is 218 Å². The predicted molar refractivity (Wildman–Crippen MR) is 139 cm³/mol. The molecule has 1 saturated heterocycles. The zero-order chi connectivity index (χ0) is 27.5. The number of carbonyl (C=O) groups is 1. The number of ether oxygens (including phenoxy) is 2. The lowest BCUT2D eigenvalue weighted by Gasteiger charge is -2.35. The van der Waals surface area contributed by atoms with E-state index in [0.717, 1.165) is 60.7 Å². The smallest absolute Gasteiger partial charge is 0.416 e. The second kappa shape index (κ2) is 11.4. The van der Waals surface area contributed by atoms with Gasteiger partial charge in [0.25, 0.3) is 0 Å². The van der Waals surface area contributed by atoms with Crippen molar-refractivity contribution in [3.63, 3.8) is 0 Å². The zero-order valence-electron chi connectivity index (χ0n) is 23.0. The van der Waals surface area contributed by atoms with E-state index in [2.05, 4.69) is 22.8 Å². The van der Waals surface area contributed by atoms with Gasteiger partial charge in [-0.2, -0.15) is 13.2 Å². The Morgan fingerprint density at radius 3 is 1.95 bits per heavy atom. The molecule has 0 spiro atoms. The first-order valence-corrected chi connectivity index (χ1v) is 12.8. The summed E-state index contributed by atoms with van der Waals surface area (Å²) in [5, 5.41) is 0. The number of esters is 1. The number of nitrogens with zero attached hydrogens (tertiary/aromatic N) is 2. The van der Waals surface area contributed by atoms with Crippen molar-refractivity contribution in [2.75, 3.05) is 32.8 Å². The second-order valence-electron chi connectivity index (χ2n) is 10.5. The lowest BCUT2D eigenvalue weighted by atomic mass is 9.97. The van der Waals surface area contributed by atoms with Crippen molar-refractivity contribution in [3.8, 4) is 5.75 Å². The quantitative estimate of drug-likeness (QED) is 0.401. The minimum absolute atomic E-state index is 0.304. The van der Waals surface area contributed by atoms with Crippen LogP contribution in [0.15, 0.2) is 24.3 Å². The van der Waals surface area contributed by atoms with Crippen molar-refractivity contribution in [2.45, 2.75) is 73.3 Å². The number of hydrogen-bond acceptors (Lipinski definition) is 5. The minimum Gasteiger partial charge on any atom is -0.476 e. The highest BCUT2D eigenvalue weighted by Gasteiger charge is 2.33. The third-order valence-corrected chi connectivity index (χ3v) is 7.18. The number of piperazine rings is 1. The molecule has 5 nitrogen and oxygen atoms in total. The first kappa shape index (κ1) is 29.0. The van der Waals surface area contributed by atoms with Crippen LogP contribution in [0.1, 0.15) is 59.7 Å². The van der Waals surface area contributed by atoms with Gasteiger partial charge in [-0.3, -0.25) is 9.80 Å². The molecular weight excluding hydrogens is 481 g/mol. The molecule has 8 heteroatoms. The summed E-state index contributed by atoms with van der Waals surface area (Å²) in [5.74, 6) is 0.330. The van der Waals surface area contributed by atoms with Gasteiger partial charge in [0.1, 0.15) is 5.75 Å². The summed E-state index contributed by atoms with van der Waals surface area (Å²) in [5.41, 5.74) is 4.29. The molecule has 0 amide bonds. The van der Waals surface area contributed by atoms with Gasteiger partial charge in [0.05, 0.1) is 12.2 Å². The Morgan fingerprint density at radius 1 is 0.865 bits per heavy atom. The minimum atomic E-state index is -4.31. The summed E-state index contributed by atoms with van der Waals surface area (Å²) in [6, 6.07) is 6.15. The van der Waals surface area contributed by atoms with Gasteiger partial charge in [0.2, 0.25) is 0 Å². The molecule has 3 rings (SSSR count). The topological polar surface area (TPSA) is 42.0 Å². The molecule has 2 aromatic rings. The summed E-state index contributed by atoms with van der Waals surface area (Å²) in [6.07, 6.45) is -4.31. The fourth-order valence-electron chi connectivity index (χ4n) is 4.70. The monoisotopic (exact) mass is 520 g/mol. The van der Waals surface area contributed by atoms with E-state index < -0.39 is 17.3 Å². The molecule has 1 heterocycles. The molecule has 0 bridgehead atoms. The zero-order valence-corrected chi connectivity index (χ0v) is 23.0. The highest BCUT2D eigenvalue weighted by molar-refractivity contribution is 5.79. The van der Waals surface area contributed by atoms with Crippen LogP contribution in [0, 0.1) is 27.7 Å².